The van der Waals surface area contributed by atoms with Gasteiger partial charge >= 0.3 is 0 Å². The summed E-state index contributed by atoms with van der Waals surface area (Å²) in [5.74, 6) is -1.55. The number of ether oxygens (including phenoxy) is 2. The maximum atomic E-state index is 14.2. The van der Waals surface area contributed by atoms with E-state index in [2.05, 4.69) is 0 Å². The van der Waals surface area contributed by atoms with Crippen LogP contribution in [0.1, 0.15) is 60.8 Å². The highest BCUT2D eigenvalue weighted by Crippen LogP contribution is 2.35. The van der Waals surface area contributed by atoms with E-state index in [4.69, 9.17) is 9.47 Å². The van der Waals surface area contributed by atoms with Crippen LogP contribution in [-0.2, 0) is 22.7 Å². The van der Waals surface area contributed by atoms with Gasteiger partial charge in [0.1, 0.15) is 5.82 Å². The Morgan fingerprint density at radius 1 is 0.893 bits per heavy atom. The van der Waals surface area contributed by atoms with Gasteiger partial charge in [0.2, 0.25) is 0 Å². The molecule has 0 spiro atoms. The lowest BCUT2D eigenvalue weighted by molar-refractivity contribution is 0.0118. The van der Waals surface area contributed by atoms with Crippen molar-refractivity contribution in [1.82, 2.24) is 0 Å². The average molecular weight is 392 g/mol. The Morgan fingerprint density at radius 3 is 2.29 bits per heavy atom. The van der Waals surface area contributed by atoms with E-state index >= 15 is 0 Å². The summed E-state index contributed by atoms with van der Waals surface area (Å²) in [6.07, 6.45) is 3.44. The lowest BCUT2D eigenvalue weighted by atomic mass is 9.82. The fourth-order valence-corrected chi connectivity index (χ4v) is 3.71. The predicted molar refractivity (Wildman–Crippen MR) is 103 cm³/mol. The van der Waals surface area contributed by atoms with E-state index in [1.165, 1.54) is 6.92 Å². The van der Waals surface area contributed by atoms with Gasteiger partial charge in [-0.1, -0.05) is 24.3 Å². The molecule has 1 fully saturated rings. The van der Waals surface area contributed by atoms with E-state index in [1.54, 1.807) is 24.3 Å². The topological polar surface area (TPSA) is 18.5 Å². The Kier molecular flexibility index (Phi) is 7.13. The molecule has 152 valence electrons. The molecule has 2 aromatic carbocycles. The summed E-state index contributed by atoms with van der Waals surface area (Å²) in [5, 5.41) is 0. The molecule has 0 saturated heterocycles. The van der Waals surface area contributed by atoms with E-state index in [0.29, 0.717) is 30.3 Å². The zero-order valence-electron chi connectivity index (χ0n) is 16.4. The second kappa shape index (κ2) is 9.57. The van der Waals surface area contributed by atoms with Crippen LogP contribution in [0.4, 0.5) is 13.2 Å². The lowest BCUT2D eigenvalue weighted by Crippen LogP contribution is -2.21. The minimum Gasteiger partial charge on any atom is -0.377 e. The van der Waals surface area contributed by atoms with Crippen molar-refractivity contribution in [3.8, 4) is 0 Å². The fourth-order valence-electron chi connectivity index (χ4n) is 3.71. The number of rotatable bonds is 7. The number of hydrogen-bond donors (Lipinski definition) is 0. The van der Waals surface area contributed by atoms with Crippen molar-refractivity contribution in [2.45, 2.75) is 64.8 Å². The molecular weight excluding hydrogens is 365 g/mol. The van der Waals surface area contributed by atoms with Gasteiger partial charge in [-0.3, -0.25) is 0 Å². The summed E-state index contributed by atoms with van der Waals surface area (Å²) in [7, 11) is 0. The van der Waals surface area contributed by atoms with Crippen LogP contribution >= 0.6 is 0 Å². The van der Waals surface area contributed by atoms with Crippen molar-refractivity contribution >= 4 is 0 Å². The molecule has 28 heavy (non-hydrogen) atoms. The molecule has 0 amide bonds. The average Bonchev–Trinajstić information content (AvgIpc) is 2.71. The van der Waals surface area contributed by atoms with E-state index in [0.717, 1.165) is 31.2 Å². The van der Waals surface area contributed by atoms with E-state index in [1.807, 2.05) is 13.0 Å². The van der Waals surface area contributed by atoms with Crippen LogP contribution in [0, 0.1) is 24.4 Å². The quantitative estimate of drug-likeness (QED) is 0.559. The van der Waals surface area contributed by atoms with Crippen LogP contribution in [0.25, 0.3) is 0 Å². The molecule has 1 saturated carbocycles. The maximum Gasteiger partial charge on any atom is 0.164 e. The summed E-state index contributed by atoms with van der Waals surface area (Å²) in [4.78, 5) is 0. The molecular formula is C23H27F3O2. The van der Waals surface area contributed by atoms with Gasteiger partial charge in [0.05, 0.1) is 19.3 Å². The lowest BCUT2D eigenvalue weighted by Gasteiger charge is -2.29. The Balaban J connectivity index is 1.52. The first-order chi connectivity index (χ1) is 13.5. The summed E-state index contributed by atoms with van der Waals surface area (Å²) in [6, 6.07) is 8.54. The number of halogens is 3. The van der Waals surface area contributed by atoms with Gasteiger partial charge in [-0.05, 0) is 62.6 Å². The van der Waals surface area contributed by atoms with E-state index in [-0.39, 0.29) is 24.1 Å². The standard InChI is InChI=1S/C23H27F3O2/c1-3-27-13-18-7-6-17(12-21(18)24)16-8-10-20(11-9-16)28-14-19-5-4-15(2)22(25)23(19)26/h4-7,12,16,20H,3,8-11,13-14H2,1-2H3. The largest absolute Gasteiger partial charge is 0.377 e. The number of benzene rings is 2. The number of aryl methyl sites for hydroxylation is 1. The highest BCUT2D eigenvalue weighted by atomic mass is 19.2. The Bertz CT molecular complexity index is 799. The Morgan fingerprint density at radius 2 is 1.61 bits per heavy atom. The maximum absolute atomic E-state index is 14.2. The van der Waals surface area contributed by atoms with Crippen LogP contribution < -0.4 is 0 Å². The highest BCUT2D eigenvalue weighted by Gasteiger charge is 2.24. The molecule has 3 rings (SSSR count). The normalized spacial score (nSPS) is 19.8. The summed E-state index contributed by atoms with van der Waals surface area (Å²) < 4.78 is 52.9. The molecule has 0 aromatic heterocycles. The summed E-state index contributed by atoms with van der Waals surface area (Å²) >= 11 is 0. The summed E-state index contributed by atoms with van der Waals surface area (Å²) in [5.41, 5.74) is 2.12. The zero-order chi connectivity index (χ0) is 20.1. The molecule has 1 aliphatic carbocycles. The van der Waals surface area contributed by atoms with Gasteiger partial charge in [0, 0.05) is 17.7 Å². The molecule has 2 aromatic rings. The molecule has 0 atom stereocenters. The Labute approximate surface area is 164 Å². The fraction of sp³-hybridized carbons (Fsp3) is 0.478. The van der Waals surface area contributed by atoms with Gasteiger partial charge in [-0.15, -0.1) is 0 Å². The van der Waals surface area contributed by atoms with Crippen LogP contribution in [0.2, 0.25) is 0 Å². The van der Waals surface area contributed by atoms with Crippen LogP contribution in [-0.4, -0.2) is 12.7 Å². The Hall–Kier alpha value is -1.85. The van der Waals surface area contributed by atoms with Crippen molar-refractivity contribution in [2.75, 3.05) is 6.61 Å². The van der Waals surface area contributed by atoms with Gasteiger partial charge in [-0.25, -0.2) is 13.2 Å². The first kappa shape index (κ1) is 20.9. The second-order valence-corrected chi connectivity index (χ2v) is 7.44. The van der Waals surface area contributed by atoms with Crippen LogP contribution in [0.5, 0.6) is 0 Å². The third-order valence-corrected chi connectivity index (χ3v) is 5.51. The molecule has 0 radical (unpaired) electrons. The minimum atomic E-state index is -0.823. The third-order valence-electron chi connectivity index (χ3n) is 5.51. The van der Waals surface area contributed by atoms with Gasteiger partial charge in [-0.2, -0.15) is 0 Å². The number of hydrogen-bond acceptors (Lipinski definition) is 2. The molecule has 2 nitrogen and oxygen atoms in total. The van der Waals surface area contributed by atoms with Gasteiger partial charge in [0.25, 0.3) is 0 Å². The van der Waals surface area contributed by atoms with Crippen molar-refractivity contribution in [2.24, 2.45) is 0 Å². The second-order valence-electron chi connectivity index (χ2n) is 7.44. The first-order valence-corrected chi connectivity index (χ1v) is 9.90. The molecule has 0 heterocycles. The first-order valence-electron chi connectivity index (χ1n) is 9.90. The van der Waals surface area contributed by atoms with Crippen molar-refractivity contribution in [1.29, 1.82) is 0 Å². The molecule has 0 bridgehead atoms. The SMILES string of the molecule is CCOCc1ccc(C2CCC(OCc3ccc(C)c(F)c3F)CC2)cc1F. The molecule has 0 unspecified atom stereocenters. The van der Waals surface area contributed by atoms with Crippen molar-refractivity contribution in [3.05, 3.63) is 70.0 Å². The molecule has 5 heteroatoms. The van der Waals surface area contributed by atoms with Crippen LogP contribution in [0.3, 0.4) is 0 Å². The van der Waals surface area contributed by atoms with Crippen LogP contribution in [0.15, 0.2) is 30.3 Å². The predicted octanol–water partition coefficient (Wildman–Crippen LogP) is 6.19. The van der Waals surface area contributed by atoms with E-state index < -0.39 is 11.6 Å². The van der Waals surface area contributed by atoms with Gasteiger partial charge < -0.3 is 9.47 Å². The van der Waals surface area contributed by atoms with E-state index in [9.17, 15) is 13.2 Å². The van der Waals surface area contributed by atoms with Crippen molar-refractivity contribution in [3.63, 3.8) is 0 Å². The monoisotopic (exact) mass is 392 g/mol. The molecule has 1 aliphatic rings. The highest BCUT2D eigenvalue weighted by molar-refractivity contribution is 5.27. The minimum absolute atomic E-state index is 0.0158. The smallest absolute Gasteiger partial charge is 0.164 e. The zero-order valence-corrected chi connectivity index (χ0v) is 16.4. The van der Waals surface area contributed by atoms with Gasteiger partial charge in [0.15, 0.2) is 11.6 Å². The summed E-state index contributed by atoms with van der Waals surface area (Å²) in [6.45, 7) is 4.34. The van der Waals surface area contributed by atoms with Crippen molar-refractivity contribution < 1.29 is 22.6 Å². The third kappa shape index (κ3) is 4.95. The molecule has 0 aliphatic heterocycles. The molecule has 0 N–H and O–H groups in total.